The summed E-state index contributed by atoms with van der Waals surface area (Å²) in [5, 5.41) is 11.5. The van der Waals surface area contributed by atoms with Gasteiger partial charge in [0, 0.05) is 19.3 Å². The molecule has 0 bridgehead atoms. The van der Waals surface area contributed by atoms with Crippen LogP contribution in [0.1, 0.15) is 97.3 Å². The molecule has 8 heteroatoms. The molecule has 0 aliphatic rings. The standard InChI is InChI=1S/C36H59NO7/c1-6-8-10-12-14-15-16-17-18-19-21-23-25-27-35(39)44-32(30-42-29-28-33(36(40)41)37(3,4)5)31-43-34(38)26-24-22-20-13-11-9-7-2/h8,10,12,14-19,21,32-33H,6-7,9,11,13,20,22-31H2,1-5H3/b10-8+,14-12+,16-15+,18-17+,21-19+. The number of carbonyl (C=O) groups excluding carboxylic acids is 3. The Balaban J connectivity index is 4.66. The van der Waals surface area contributed by atoms with Gasteiger partial charge in [0.05, 0.1) is 40.3 Å². The number of carboxylic acid groups (broad SMARTS) is 1. The number of carbonyl (C=O) groups is 3. The molecule has 0 aromatic rings. The van der Waals surface area contributed by atoms with E-state index in [4.69, 9.17) is 14.2 Å². The van der Waals surface area contributed by atoms with Gasteiger partial charge in [0.25, 0.3) is 0 Å². The molecule has 2 atom stereocenters. The lowest BCUT2D eigenvalue weighted by Crippen LogP contribution is -2.55. The van der Waals surface area contributed by atoms with E-state index in [-0.39, 0.29) is 43.1 Å². The second-order valence-electron chi connectivity index (χ2n) is 11.8. The van der Waals surface area contributed by atoms with E-state index in [1.54, 1.807) is 21.1 Å². The molecule has 44 heavy (non-hydrogen) atoms. The van der Waals surface area contributed by atoms with Crippen molar-refractivity contribution in [3.63, 3.8) is 0 Å². The summed E-state index contributed by atoms with van der Waals surface area (Å²) in [6.07, 6.45) is 29.9. The maximum atomic E-state index is 12.5. The monoisotopic (exact) mass is 617 g/mol. The molecule has 0 aromatic carbocycles. The maximum Gasteiger partial charge on any atom is 0.306 e. The Morgan fingerprint density at radius 3 is 1.86 bits per heavy atom. The highest BCUT2D eigenvalue weighted by Crippen LogP contribution is 2.11. The zero-order valence-electron chi connectivity index (χ0n) is 28.0. The van der Waals surface area contributed by atoms with Crippen molar-refractivity contribution in [2.45, 2.75) is 109 Å². The molecular formula is C36H59NO7. The molecule has 0 fully saturated rings. The average Bonchev–Trinajstić information content (AvgIpc) is 2.96. The minimum absolute atomic E-state index is 0.00958. The van der Waals surface area contributed by atoms with E-state index in [0.29, 0.717) is 12.8 Å². The van der Waals surface area contributed by atoms with E-state index in [9.17, 15) is 19.5 Å². The first kappa shape index (κ1) is 41.0. The number of esters is 2. The van der Waals surface area contributed by atoms with Gasteiger partial charge in [-0.05, 0) is 25.7 Å². The molecule has 8 nitrogen and oxygen atoms in total. The predicted molar refractivity (Wildman–Crippen MR) is 176 cm³/mol. The first-order valence-corrected chi connectivity index (χ1v) is 16.4. The van der Waals surface area contributed by atoms with Crippen LogP contribution in [-0.2, 0) is 28.6 Å². The number of carboxylic acids is 1. The van der Waals surface area contributed by atoms with Crippen molar-refractivity contribution in [3.8, 4) is 0 Å². The third-order valence-corrected chi connectivity index (χ3v) is 6.80. The highest BCUT2D eigenvalue weighted by molar-refractivity contribution is 5.70. The topological polar surface area (TPSA) is 102 Å². The van der Waals surface area contributed by atoms with Crippen molar-refractivity contribution in [2.24, 2.45) is 0 Å². The molecule has 250 valence electrons. The van der Waals surface area contributed by atoms with E-state index in [1.165, 1.54) is 25.7 Å². The van der Waals surface area contributed by atoms with Crippen LogP contribution in [0.3, 0.4) is 0 Å². The lowest BCUT2D eigenvalue weighted by atomic mass is 10.1. The Morgan fingerprint density at radius 1 is 0.705 bits per heavy atom. The Labute approximate surface area is 267 Å². The second kappa shape index (κ2) is 27.6. The zero-order valence-corrected chi connectivity index (χ0v) is 28.0. The minimum atomic E-state index is -1.14. The summed E-state index contributed by atoms with van der Waals surface area (Å²) in [6.45, 7) is 4.34. The van der Waals surface area contributed by atoms with Crippen molar-refractivity contribution < 1.29 is 38.2 Å². The van der Waals surface area contributed by atoms with Gasteiger partial charge in [-0.25, -0.2) is 0 Å². The third kappa shape index (κ3) is 25.5. The van der Waals surface area contributed by atoms with Gasteiger partial charge in [-0.15, -0.1) is 0 Å². The van der Waals surface area contributed by atoms with Gasteiger partial charge in [-0.1, -0.05) is 113 Å². The molecular weight excluding hydrogens is 558 g/mol. The number of unbranched alkanes of at least 4 members (excludes halogenated alkanes) is 7. The highest BCUT2D eigenvalue weighted by Gasteiger charge is 2.25. The van der Waals surface area contributed by atoms with E-state index < -0.39 is 24.1 Å². The van der Waals surface area contributed by atoms with Gasteiger partial charge in [-0.3, -0.25) is 9.59 Å². The van der Waals surface area contributed by atoms with E-state index in [0.717, 1.165) is 32.1 Å². The summed E-state index contributed by atoms with van der Waals surface area (Å²) < 4.78 is 16.9. The number of aliphatic carboxylic acids is 1. The fourth-order valence-corrected chi connectivity index (χ4v) is 4.22. The fourth-order valence-electron chi connectivity index (χ4n) is 4.22. The SMILES string of the molecule is CC/C=C/C=C/C=C/C=C/C=C/CCCC(=O)OC(COCCC(C(=O)[O-])[N+](C)(C)C)COC(=O)CCCCCCCCC. The van der Waals surface area contributed by atoms with Crippen LogP contribution < -0.4 is 5.11 Å². The lowest BCUT2D eigenvalue weighted by Gasteiger charge is -2.34. The molecule has 0 amide bonds. The molecule has 0 radical (unpaired) electrons. The largest absolute Gasteiger partial charge is 0.544 e. The Morgan fingerprint density at radius 2 is 1.27 bits per heavy atom. The van der Waals surface area contributed by atoms with Crippen LogP contribution in [0.25, 0.3) is 0 Å². The van der Waals surface area contributed by atoms with Crippen molar-refractivity contribution in [1.29, 1.82) is 0 Å². The van der Waals surface area contributed by atoms with Crippen LogP contribution in [0.5, 0.6) is 0 Å². The summed E-state index contributed by atoms with van der Waals surface area (Å²) >= 11 is 0. The van der Waals surface area contributed by atoms with Crippen molar-refractivity contribution in [1.82, 2.24) is 0 Å². The Hall–Kier alpha value is -2.97. The summed E-state index contributed by atoms with van der Waals surface area (Å²) in [5.74, 6) is -1.85. The number of rotatable bonds is 27. The fraction of sp³-hybridized carbons (Fsp3) is 0.639. The molecule has 0 aliphatic heterocycles. The smallest absolute Gasteiger partial charge is 0.306 e. The van der Waals surface area contributed by atoms with Gasteiger partial charge in [0.2, 0.25) is 0 Å². The Bertz CT molecular complexity index is 912. The number of ether oxygens (including phenoxy) is 3. The summed E-state index contributed by atoms with van der Waals surface area (Å²) in [6, 6.07) is -0.737. The van der Waals surface area contributed by atoms with Crippen LogP contribution in [0.15, 0.2) is 60.8 Å². The number of hydrogen-bond donors (Lipinski definition) is 0. The molecule has 0 N–H and O–H groups in total. The normalized spacial score (nSPS) is 13.9. The lowest BCUT2D eigenvalue weighted by molar-refractivity contribution is -0.889. The molecule has 0 heterocycles. The van der Waals surface area contributed by atoms with Crippen LogP contribution in [0, 0.1) is 0 Å². The maximum absolute atomic E-state index is 12.5. The van der Waals surface area contributed by atoms with E-state index >= 15 is 0 Å². The van der Waals surface area contributed by atoms with Crippen LogP contribution >= 0.6 is 0 Å². The Kier molecular flexibility index (Phi) is 25.7. The summed E-state index contributed by atoms with van der Waals surface area (Å²) in [7, 11) is 5.35. The second-order valence-corrected chi connectivity index (χ2v) is 11.8. The van der Waals surface area contributed by atoms with Crippen molar-refractivity contribution >= 4 is 17.9 Å². The van der Waals surface area contributed by atoms with Crippen LogP contribution in [-0.4, -0.2) is 75.5 Å². The molecule has 0 aromatic heterocycles. The first-order chi connectivity index (χ1) is 21.1. The first-order valence-electron chi connectivity index (χ1n) is 16.4. The number of allylic oxidation sites excluding steroid dienone is 10. The zero-order chi connectivity index (χ0) is 32.9. The molecule has 0 spiro atoms. The van der Waals surface area contributed by atoms with E-state index in [1.807, 2.05) is 54.7 Å². The molecule has 0 aliphatic carbocycles. The predicted octanol–water partition coefficient (Wildman–Crippen LogP) is 6.17. The number of hydrogen-bond acceptors (Lipinski definition) is 7. The van der Waals surface area contributed by atoms with Crippen molar-refractivity contribution in [3.05, 3.63) is 60.8 Å². The average molecular weight is 618 g/mol. The molecule has 0 saturated heterocycles. The number of nitrogens with zero attached hydrogens (tertiary/aromatic N) is 1. The quantitative estimate of drug-likeness (QED) is 0.0470. The molecule has 0 saturated carbocycles. The summed E-state index contributed by atoms with van der Waals surface area (Å²) in [5.41, 5.74) is 0. The third-order valence-electron chi connectivity index (χ3n) is 6.80. The number of likely N-dealkylation sites (N-methyl/N-ethyl adjacent to an activating group) is 1. The van der Waals surface area contributed by atoms with Crippen LogP contribution in [0.4, 0.5) is 0 Å². The van der Waals surface area contributed by atoms with Crippen molar-refractivity contribution in [2.75, 3.05) is 41.0 Å². The highest BCUT2D eigenvalue weighted by atomic mass is 16.6. The molecule has 2 unspecified atom stereocenters. The van der Waals surface area contributed by atoms with Gasteiger partial charge in [0.1, 0.15) is 12.6 Å². The van der Waals surface area contributed by atoms with E-state index in [2.05, 4.69) is 19.9 Å². The van der Waals surface area contributed by atoms with Gasteiger partial charge >= 0.3 is 11.9 Å². The number of quaternary nitrogens is 1. The summed E-state index contributed by atoms with van der Waals surface area (Å²) in [4.78, 5) is 36.3. The van der Waals surface area contributed by atoms with Gasteiger partial charge in [-0.2, -0.15) is 0 Å². The van der Waals surface area contributed by atoms with Gasteiger partial charge < -0.3 is 28.6 Å². The van der Waals surface area contributed by atoms with Gasteiger partial charge in [0.15, 0.2) is 6.10 Å². The molecule has 0 rings (SSSR count). The minimum Gasteiger partial charge on any atom is -0.544 e. The van der Waals surface area contributed by atoms with Crippen LogP contribution in [0.2, 0.25) is 0 Å².